The summed E-state index contributed by atoms with van der Waals surface area (Å²) in [5.74, 6) is -2.16. The van der Waals surface area contributed by atoms with Gasteiger partial charge in [0.05, 0.1) is 6.04 Å². The van der Waals surface area contributed by atoms with Gasteiger partial charge in [-0.3, -0.25) is 28.9 Å². The number of ketones is 1. The molecule has 0 fully saturated rings. The van der Waals surface area contributed by atoms with Crippen LogP contribution in [0.3, 0.4) is 0 Å². The van der Waals surface area contributed by atoms with Crippen LogP contribution in [0.15, 0.2) is 12.2 Å². The van der Waals surface area contributed by atoms with Gasteiger partial charge in [0, 0.05) is 37.6 Å². The van der Waals surface area contributed by atoms with Gasteiger partial charge in [0.25, 0.3) is 11.8 Å². The Kier molecular flexibility index (Phi) is 12.0. The molecule has 0 saturated heterocycles. The van der Waals surface area contributed by atoms with Crippen molar-refractivity contribution in [3.8, 4) is 0 Å². The van der Waals surface area contributed by atoms with E-state index in [1.807, 2.05) is 0 Å². The second-order valence-electron chi connectivity index (χ2n) is 8.96. The second kappa shape index (κ2) is 14.1. The summed E-state index contributed by atoms with van der Waals surface area (Å²) in [5.41, 5.74) is 5.04. The lowest BCUT2D eigenvalue weighted by Gasteiger charge is -2.26. The first-order valence-corrected chi connectivity index (χ1v) is 11.6. The molecule has 1 aliphatic rings. The number of nitrogens with one attached hydrogen (secondary N) is 3. The van der Waals surface area contributed by atoms with Gasteiger partial charge in [-0.1, -0.05) is 27.7 Å². The summed E-state index contributed by atoms with van der Waals surface area (Å²) in [6.45, 7) is 7.57. The van der Waals surface area contributed by atoms with E-state index in [-0.39, 0.29) is 54.9 Å². The van der Waals surface area contributed by atoms with Crippen LogP contribution >= 0.6 is 0 Å². The molecule has 0 aromatic rings. The highest BCUT2D eigenvalue weighted by Gasteiger charge is 2.29. The predicted octanol–water partition coefficient (Wildman–Crippen LogP) is 0.381. The number of hydrogen-bond acceptors (Lipinski definition) is 6. The molecule has 6 amide bonds. The van der Waals surface area contributed by atoms with Crippen LogP contribution in [0.2, 0.25) is 0 Å². The van der Waals surface area contributed by atoms with Gasteiger partial charge >= 0.3 is 6.03 Å². The third kappa shape index (κ3) is 9.72. The van der Waals surface area contributed by atoms with Gasteiger partial charge < -0.3 is 21.7 Å². The zero-order valence-electron chi connectivity index (χ0n) is 20.4. The molecule has 0 radical (unpaired) electrons. The second-order valence-corrected chi connectivity index (χ2v) is 8.96. The molecule has 0 bridgehead atoms. The molecule has 5 N–H and O–H groups in total. The van der Waals surface area contributed by atoms with Gasteiger partial charge in [0.15, 0.2) is 5.78 Å². The highest BCUT2D eigenvalue weighted by atomic mass is 16.2. The molecule has 2 unspecified atom stereocenters. The van der Waals surface area contributed by atoms with Crippen molar-refractivity contribution < 1.29 is 28.8 Å². The molecule has 11 heteroatoms. The van der Waals surface area contributed by atoms with Crippen molar-refractivity contribution in [3.63, 3.8) is 0 Å². The monoisotopic (exact) mass is 479 g/mol. The molecule has 11 nitrogen and oxygen atoms in total. The lowest BCUT2D eigenvalue weighted by atomic mass is 9.96. The van der Waals surface area contributed by atoms with Crippen molar-refractivity contribution >= 4 is 35.4 Å². The van der Waals surface area contributed by atoms with Gasteiger partial charge in [-0.2, -0.15) is 0 Å². The number of amides is 6. The number of Topliss-reactive ketones (excluding diaryl/α,β-unsaturated/α-hetero) is 1. The Morgan fingerprint density at radius 1 is 0.941 bits per heavy atom. The van der Waals surface area contributed by atoms with Crippen LogP contribution in [-0.4, -0.2) is 65.5 Å². The summed E-state index contributed by atoms with van der Waals surface area (Å²) in [6.07, 6.45) is 4.24. The molecule has 0 aromatic carbocycles. The summed E-state index contributed by atoms with van der Waals surface area (Å²) in [5, 5.41) is 7.92. The first kappa shape index (κ1) is 28.8. The van der Waals surface area contributed by atoms with E-state index in [4.69, 9.17) is 5.73 Å². The quantitative estimate of drug-likeness (QED) is 0.196. The number of urea groups is 1. The fourth-order valence-corrected chi connectivity index (χ4v) is 3.45. The van der Waals surface area contributed by atoms with E-state index in [0.717, 1.165) is 4.90 Å². The Hall–Kier alpha value is -3.24. The van der Waals surface area contributed by atoms with Crippen molar-refractivity contribution in [1.82, 2.24) is 20.9 Å². The van der Waals surface area contributed by atoms with Crippen LogP contribution < -0.4 is 21.7 Å². The topological polar surface area (TPSA) is 168 Å². The maximum atomic E-state index is 12.9. The smallest absolute Gasteiger partial charge is 0.312 e. The Bertz CT molecular complexity index is 790. The van der Waals surface area contributed by atoms with Crippen LogP contribution in [0.4, 0.5) is 4.79 Å². The summed E-state index contributed by atoms with van der Waals surface area (Å²) >= 11 is 0. The summed E-state index contributed by atoms with van der Waals surface area (Å²) in [4.78, 5) is 72.9. The molecule has 0 aromatic heterocycles. The summed E-state index contributed by atoms with van der Waals surface area (Å²) in [7, 11) is 0. The van der Waals surface area contributed by atoms with E-state index in [0.29, 0.717) is 25.7 Å². The van der Waals surface area contributed by atoms with Crippen molar-refractivity contribution in [3.05, 3.63) is 12.2 Å². The van der Waals surface area contributed by atoms with Crippen molar-refractivity contribution in [1.29, 1.82) is 0 Å². The predicted molar refractivity (Wildman–Crippen MR) is 125 cm³/mol. The molecule has 0 aliphatic carbocycles. The summed E-state index contributed by atoms with van der Waals surface area (Å²) < 4.78 is 0. The molecular weight excluding hydrogens is 442 g/mol. The SMILES string of the molecule is CC(C)C(=O)C(CCCNC(N)=O)NC(=O)C(NC(=O)CCCCN1C(=O)C=CC1=O)C(C)C. The third-order valence-corrected chi connectivity index (χ3v) is 5.40. The fourth-order valence-electron chi connectivity index (χ4n) is 3.45. The van der Waals surface area contributed by atoms with Gasteiger partial charge in [0.1, 0.15) is 6.04 Å². The lowest BCUT2D eigenvalue weighted by Crippen LogP contribution is -2.54. The minimum absolute atomic E-state index is 0.132. The van der Waals surface area contributed by atoms with E-state index >= 15 is 0 Å². The van der Waals surface area contributed by atoms with Crippen LogP contribution in [-0.2, 0) is 24.0 Å². The van der Waals surface area contributed by atoms with Crippen molar-refractivity contribution in [2.75, 3.05) is 13.1 Å². The number of rotatable bonds is 15. The Balaban J connectivity index is 2.59. The normalized spacial score (nSPS) is 14.9. The Morgan fingerprint density at radius 3 is 2.09 bits per heavy atom. The Morgan fingerprint density at radius 2 is 1.56 bits per heavy atom. The number of carbonyl (C=O) groups is 6. The zero-order valence-corrected chi connectivity index (χ0v) is 20.4. The number of nitrogens with two attached hydrogens (primary N) is 1. The number of carbonyl (C=O) groups excluding carboxylic acids is 6. The zero-order chi connectivity index (χ0) is 25.8. The first-order chi connectivity index (χ1) is 15.9. The van der Waals surface area contributed by atoms with Crippen LogP contribution in [0.25, 0.3) is 0 Å². The van der Waals surface area contributed by atoms with Crippen molar-refractivity contribution in [2.45, 2.75) is 71.9 Å². The molecule has 1 aliphatic heterocycles. The molecule has 0 spiro atoms. The third-order valence-electron chi connectivity index (χ3n) is 5.40. The molecule has 2 atom stereocenters. The summed E-state index contributed by atoms with van der Waals surface area (Å²) in [6, 6.07) is -2.23. The highest BCUT2D eigenvalue weighted by Crippen LogP contribution is 2.10. The molecule has 1 heterocycles. The molecule has 34 heavy (non-hydrogen) atoms. The maximum absolute atomic E-state index is 12.9. The number of primary amides is 1. The van der Waals surface area contributed by atoms with E-state index in [2.05, 4.69) is 16.0 Å². The van der Waals surface area contributed by atoms with Gasteiger partial charge in [-0.25, -0.2) is 4.79 Å². The van der Waals surface area contributed by atoms with Crippen LogP contribution in [0, 0.1) is 11.8 Å². The van der Waals surface area contributed by atoms with E-state index in [9.17, 15) is 28.8 Å². The van der Waals surface area contributed by atoms with Gasteiger partial charge in [-0.05, 0) is 31.6 Å². The molecule has 190 valence electrons. The average molecular weight is 480 g/mol. The standard InChI is InChI=1S/C23H37N5O6/c1-14(2)20(27-17(29)9-5-6-13-28-18(30)10-11-19(28)31)22(33)26-16(21(32)15(3)4)8-7-12-25-23(24)34/h10-11,14-16,20H,5-9,12-13H2,1-4H3,(H,26,33)(H,27,29)(H3,24,25,34). The number of imide groups is 1. The van der Waals surface area contributed by atoms with Crippen LogP contribution in [0.1, 0.15) is 59.8 Å². The van der Waals surface area contributed by atoms with E-state index in [1.54, 1.807) is 27.7 Å². The van der Waals surface area contributed by atoms with Crippen molar-refractivity contribution in [2.24, 2.45) is 17.6 Å². The maximum Gasteiger partial charge on any atom is 0.312 e. The fraction of sp³-hybridized carbons (Fsp3) is 0.652. The minimum atomic E-state index is -0.829. The first-order valence-electron chi connectivity index (χ1n) is 11.6. The lowest BCUT2D eigenvalue weighted by molar-refractivity contribution is -0.136. The Labute approximate surface area is 200 Å². The van der Waals surface area contributed by atoms with E-state index < -0.39 is 24.0 Å². The van der Waals surface area contributed by atoms with E-state index in [1.165, 1.54) is 12.2 Å². The van der Waals surface area contributed by atoms with Gasteiger partial charge in [-0.15, -0.1) is 0 Å². The number of hydrogen-bond donors (Lipinski definition) is 4. The number of unbranched alkanes of at least 4 members (excludes halogenated alkanes) is 1. The van der Waals surface area contributed by atoms with Gasteiger partial charge in [0.2, 0.25) is 11.8 Å². The highest BCUT2D eigenvalue weighted by molar-refractivity contribution is 6.12. The minimum Gasteiger partial charge on any atom is -0.352 e. The largest absolute Gasteiger partial charge is 0.352 e. The number of nitrogens with zero attached hydrogens (tertiary/aromatic N) is 1. The average Bonchev–Trinajstić information content (AvgIpc) is 3.07. The molecule has 1 rings (SSSR count). The molecular formula is C23H37N5O6. The van der Waals surface area contributed by atoms with Crippen LogP contribution in [0.5, 0.6) is 0 Å². The molecule has 0 saturated carbocycles.